The van der Waals surface area contributed by atoms with E-state index in [0.717, 1.165) is 33.5 Å². The maximum Gasteiger partial charge on any atom is 0.178 e. The zero-order valence-electron chi connectivity index (χ0n) is 17.2. The van der Waals surface area contributed by atoms with Crippen molar-refractivity contribution >= 4 is 34.0 Å². The normalized spacial score (nSPS) is 11.2. The minimum absolute atomic E-state index is 0.387. The van der Waals surface area contributed by atoms with Gasteiger partial charge in [0.1, 0.15) is 11.3 Å². The summed E-state index contributed by atoms with van der Waals surface area (Å²) < 4.78 is 6.95. The molecule has 0 saturated carbocycles. The number of nitrogens with one attached hydrogen (secondary N) is 1. The van der Waals surface area contributed by atoms with Gasteiger partial charge >= 0.3 is 0 Å². The van der Waals surface area contributed by atoms with Gasteiger partial charge in [0.15, 0.2) is 11.5 Å². The summed E-state index contributed by atoms with van der Waals surface area (Å²) in [4.78, 5) is 8.82. The summed E-state index contributed by atoms with van der Waals surface area (Å²) in [6.45, 7) is 0.787. The molecule has 0 unspecified atom stereocenters. The second-order valence-electron chi connectivity index (χ2n) is 7.07. The Morgan fingerprint density at radius 1 is 1.09 bits per heavy atom. The van der Waals surface area contributed by atoms with Gasteiger partial charge in [0.05, 0.1) is 36.7 Å². The predicted octanol–water partition coefficient (Wildman–Crippen LogP) is 3.47. The smallest absolute Gasteiger partial charge is 0.178 e. The summed E-state index contributed by atoms with van der Waals surface area (Å²) in [5, 5.41) is 17.2. The number of hydrogen-bond acceptors (Lipinski definition) is 8. The van der Waals surface area contributed by atoms with Crippen molar-refractivity contribution < 1.29 is 4.74 Å². The van der Waals surface area contributed by atoms with Gasteiger partial charge in [-0.2, -0.15) is 9.61 Å². The van der Waals surface area contributed by atoms with Crippen molar-refractivity contribution in [1.82, 2.24) is 29.8 Å². The van der Waals surface area contributed by atoms with E-state index in [0.29, 0.717) is 35.3 Å². The van der Waals surface area contributed by atoms with Crippen molar-refractivity contribution in [2.24, 2.45) is 5.73 Å². The van der Waals surface area contributed by atoms with Crippen LogP contribution in [0.2, 0.25) is 5.02 Å². The SMILES string of the molecule is COc1cnc2c(NCc3nnc4ccc(-c5ccc(CN)c(Cl)c5)nn34)ccnc2c1. The molecule has 5 aromatic rings. The van der Waals surface area contributed by atoms with Gasteiger partial charge in [-0.25, -0.2) is 4.98 Å². The first-order chi connectivity index (χ1) is 15.7. The highest BCUT2D eigenvalue weighted by atomic mass is 35.5. The molecule has 9 nitrogen and oxygen atoms in total. The summed E-state index contributed by atoms with van der Waals surface area (Å²) >= 11 is 6.32. The number of halogens is 1. The quantitative estimate of drug-likeness (QED) is 0.407. The molecule has 0 radical (unpaired) electrons. The summed E-state index contributed by atoms with van der Waals surface area (Å²) in [6.07, 6.45) is 3.38. The van der Waals surface area contributed by atoms with Crippen LogP contribution in [0.4, 0.5) is 5.69 Å². The number of aromatic nitrogens is 6. The van der Waals surface area contributed by atoms with Crippen molar-refractivity contribution in [1.29, 1.82) is 0 Å². The van der Waals surface area contributed by atoms with E-state index in [1.54, 1.807) is 24.0 Å². The van der Waals surface area contributed by atoms with Crippen LogP contribution in [0.1, 0.15) is 11.4 Å². The number of anilines is 1. The highest BCUT2D eigenvalue weighted by Crippen LogP contribution is 2.25. The molecule has 0 bridgehead atoms. The van der Waals surface area contributed by atoms with E-state index >= 15 is 0 Å². The molecule has 0 aliphatic carbocycles. The fourth-order valence-electron chi connectivity index (χ4n) is 3.41. The maximum atomic E-state index is 6.32. The maximum absolute atomic E-state index is 6.32. The number of methoxy groups -OCH3 is 1. The second kappa shape index (κ2) is 8.37. The first-order valence-electron chi connectivity index (χ1n) is 9.89. The molecule has 0 aliphatic rings. The third kappa shape index (κ3) is 3.68. The molecule has 160 valence electrons. The van der Waals surface area contributed by atoms with E-state index in [9.17, 15) is 0 Å². The average Bonchev–Trinajstić information content (AvgIpc) is 3.24. The molecular weight excluding hydrogens is 428 g/mol. The van der Waals surface area contributed by atoms with Crippen LogP contribution in [0.5, 0.6) is 5.75 Å². The van der Waals surface area contributed by atoms with Gasteiger partial charge in [-0.05, 0) is 29.8 Å². The van der Waals surface area contributed by atoms with Crippen molar-refractivity contribution in [3.63, 3.8) is 0 Å². The number of hydrogen-bond donors (Lipinski definition) is 2. The topological polar surface area (TPSA) is 116 Å². The van der Waals surface area contributed by atoms with Crippen LogP contribution in [0.15, 0.2) is 54.9 Å². The Labute approximate surface area is 188 Å². The Morgan fingerprint density at radius 2 is 2.00 bits per heavy atom. The molecule has 0 saturated heterocycles. The van der Waals surface area contributed by atoms with E-state index in [-0.39, 0.29) is 0 Å². The number of nitrogens with two attached hydrogens (primary N) is 1. The van der Waals surface area contributed by atoms with Crippen LogP contribution in [0, 0.1) is 0 Å². The lowest BCUT2D eigenvalue weighted by atomic mass is 10.1. The first-order valence-corrected chi connectivity index (χ1v) is 10.3. The zero-order valence-corrected chi connectivity index (χ0v) is 17.9. The van der Waals surface area contributed by atoms with E-state index in [4.69, 9.17) is 27.2 Å². The van der Waals surface area contributed by atoms with Crippen LogP contribution in [0.3, 0.4) is 0 Å². The third-order valence-corrected chi connectivity index (χ3v) is 5.47. The number of nitrogens with zero attached hydrogens (tertiary/aromatic N) is 6. The summed E-state index contributed by atoms with van der Waals surface area (Å²) in [5.41, 5.74) is 11.2. The minimum atomic E-state index is 0.387. The standard InChI is InChI=1S/C22H19ClN8O/c1-32-15-9-19-22(27-11-15)18(6-7-25-19)26-12-21-29-28-20-5-4-17(30-31(20)21)13-2-3-14(10-24)16(23)8-13/h2-9,11H,10,12,24H2,1H3,(H,25,26). The molecular formula is C22H19ClN8O. The largest absolute Gasteiger partial charge is 0.495 e. The van der Waals surface area contributed by atoms with Gasteiger partial charge in [0, 0.05) is 29.4 Å². The predicted molar refractivity (Wildman–Crippen MR) is 123 cm³/mol. The molecule has 32 heavy (non-hydrogen) atoms. The van der Waals surface area contributed by atoms with Crippen LogP contribution in [-0.4, -0.2) is 36.9 Å². The molecule has 0 fully saturated rings. The van der Waals surface area contributed by atoms with Crippen LogP contribution >= 0.6 is 11.6 Å². The summed E-state index contributed by atoms with van der Waals surface area (Å²) in [6, 6.07) is 13.2. The molecule has 4 heterocycles. The van der Waals surface area contributed by atoms with Crippen LogP contribution in [-0.2, 0) is 13.1 Å². The van der Waals surface area contributed by atoms with E-state index in [2.05, 4.69) is 25.5 Å². The Balaban J connectivity index is 1.45. The van der Waals surface area contributed by atoms with Crippen molar-refractivity contribution in [3.8, 4) is 17.0 Å². The number of rotatable bonds is 6. The van der Waals surface area contributed by atoms with Gasteiger partial charge in [0.25, 0.3) is 0 Å². The fraction of sp³-hybridized carbons (Fsp3) is 0.136. The van der Waals surface area contributed by atoms with Crippen LogP contribution < -0.4 is 15.8 Å². The van der Waals surface area contributed by atoms with E-state index in [1.165, 1.54) is 0 Å². The first kappa shape index (κ1) is 20.1. The lowest BCUT2D eigenvalue weighted by Crippen LogP contribution is -2.07. The number of fused-ring (bicyclic) bond motifs is 2. The molecule has 0 amide bonds. The minimum Gasteiger partial charge on any atom is -0.495 e. The molecule has 0 atom stereocenters. The Hall–Kier alpha value is -3.82. The number of benzene rings is 1. The Morgan fingerprint density at radius 3 is 2.81 bits per heavy atom. The molecule has 10 heteroatoms. The molecule has 0 spiro atoms. The Kier molecular flexibility index (Phi) is 5.26. The van der Waals surface area contributed by atoms with Gasteiger partial charge in [-0.1, -0.05) is 23.7 Å². The Bertz CT molecular complexity index is 1430. The average molecular weight is 447 g/mol. The second-order valence-corrected chi connectivity index (χ2v) is 7.48. The van der Waals surface area contributed by atoms with Crippen molar-refractivity contribution in [3.05, 3.63) is 71.3 Å². The molecule has 5 rings (SSSR count). The van der Waals surface area contributed by atoms with Crippen molar-refractivity contribution in [2.75, 3.05) is 12.4 Å². The molecule has 4 aromatic heterocycles. The summed E-state index contributed by atoms with van der Waals surface area (Å²) in [7, 11) is 1.60. The highest BCUT2D eigenvalue weighted by Gasteiger charge is 2.11. The monoisotopic (exact) mass is 446 g/mol. The van der Waals surface area contributed by atoms with Crippen LogP contribution in [0.25, 0.3) is 27.9 Å². The van der Waals surface area contributed by atoms with E-state index < -0.39 is 0 Å². The molecule has 1 aromatic carbocycles. The molecule has 0 aliphatic heterocycles. The lowest BCUT2D eigenvalue weighted by Gasteiger charge is -2.09. The van der Waals surface area contributed by atoms with E-state index in [1.807, 2.05) is 42.5 Å². The number of ether oxygens (including phenoxy) is 1. The lowest BCUT2D eigenvalue weighted by molar-refractivity contribution is 0.413. The number of pyridine rings is 2. The van der Waals surface area contributed by atoms with Gasteiger partial charge in [-0.3, -0.25) is 4.98 Å². The summed E-state index contributed by atoms with van der Waals surface area (Å²) in [5.74, 6) is 1.31. The molecule has 3 N–H and O–H groups in total. The fourth-order valence-corrected chi connectivity index (χ4v) is 3.67. The van der Waals surface area contributed by atoms with Crippen molar-refractivity contribution in [2.45, 2.75) is 13.1 Å². The highest BCUT2D eigenvalue weighted by molar-refractivity contribution is 6.31. The third-order valence-electron chi connectivity index (χ3n) is 5.12. The van der Waals surface area contributed by atoms with Gasteiger partial charge < -0.3 is 15.8 Å². The zero-order chi connectivity index (χ0) is 22.1. The van der Waals surface area contributed by atoms with Gasteiger partial charge in [0.2, 0.25) is 0 Å². The van der Waals surface area contributed by atoms with Gasteiger partial charge in [-0.15, -0.1) is 10.2 Å².